The minimum atomic E-state index is -0.0722. The molecule has 0 saturated heterocycles. The molecule has 1 aromatic heterocycles. The van der Waals surface area contributed by atoms with Gasteiger partial charge in [-0.2, -0.15) is 0 Å². The Morgan fingerprint density at radius 3 is 2.65 bits per heavy atom. The molecule has 0 aliphatic carbocycles. The fourth-order valence-electron chi connectivity index (χ4n) is 3.50. The third-order valence-electron chi connectivity index (χ3n) is 5.04. The second kappa shape index (κ2) is 7.44. The largest absolute Gasteiger partial charge is 0.322 e. The van der Waals surface area contributed by atoms with Crippen molar-refractivity contribution >= 4 is 22.9 Å². The van der Waals surface area contributed by atoms with Crippen molar-refractivity contribution in [2.45, 2.75) is 25.9 Å². The number of nitrogens with zero attached hydrogens (tertiary/aromatic N) is 1. The molecule has 0 saturated carbocycles. The van der Waals surface area contributed by atoms with Crippen molar-refractivity contribution < 1.29 is 4.79 Å². The normalized spacial score (nSPS) is 16.9. The molecule has 0 radical (unpaired) electrons. The first-order valence-corrected chi connectivity index (χ1v) is 9.84. The summed E-state index contributed by atoms with van der Waals surface area (Å²) in [5.74, 6) is -0.0722. The highest BCUT2D eigenvalue weighted by Crippen LogP contribution is 2.33. The van der Waals surface area contributed by atoms with Crippen molar-refractivity contribution in [3.63, 3.8) is 0 Å². The SMILES string of the molecule is C[C@H]1c2ccsc2CCN1Cc1ccc(C(=O)Nc2ccccc2)cc1. The van der Waals surface area contributed by atoms with Crippen molar-refractivity contribution in [1.29, 1.82) is 0 Å². The molecule has 0 unspecified atom stereocenters. The Morgan fingerprint density at radius 1 is 1.12 bits per heavy atom. The molecular formula is C22H22N2OS. The van der Waals surface area contributed by atoms with Gasteiger partial charge < -0.3 is 5.32 Å². The van der Waals surface area contributed by atoms with E-state index in [-0.39, 0.29) is 5.91 Å². The second-order valence-electron chi connectivity index (χ2n) is 6.71. The van der Waals surface area contributed by atoms with Gasteiger partial charge in [0.1, 0.15) is 0 Å². The lowest BCUT2D eigenvalue weighted by molar-refractivity contribution is 0.102. The fourth-order valence-corrected chi connectivity index (χ4v) is 4.46. The number of hydrogen-bond donors (Lipinski definition) is 1. The molecule has 1 N–H and O–H groups in total. The van der Waals surface area contributed by atoms with Crippen molar-refractivity contribution in [1.82, 2.24) is 4.90 Å². The number of fused-ring (bicyclic) bond motifs is 1. The Bertz CT molecular complexity index is 886. The zero-order chi connectivity index (χ0) is 17.9. The van der Waals surface area contributed by atoms with Gasteiger partial charge in [0.25, 0.3) is 5.91 Å². The van der Waals surface area contributed by atoms with Gasteiger partial charge >= 0.3 is 0 Å². The Hall–Kier alpha value is -2.43. The third kappa shape index (κ3) is 3.57. The van der Waals surface area contributed by atoms with Crippen molar-refractivity contribution in [2.75, 3.05) is 11.9 Å². The molecule has 1 aliphatic rings. The summed E-state index contributed by atoms with van der Waals surface area (Å²) in [6.07, 6.45) is 1.13. The van der Waals surface area contributed by atoms with Gasteiger partial charge in [-0.3, -0.25) is 9.69 Å². The van der Waals surface area contributed by atoms with Crippen LogP contribution in [0.15, 0.2) is 66.0 Å². The van der Waals surface area contributed by atoms with Crippen LogP contribution in [0.3, 0.4) is 0 Å². The van der Waals surface area contributed by atoms with Gasteiger partial charge in [-0.25, -0.2) is 0 Å². The lowest BCUT2D eigenvalue weighted by Crippen LogP contribution is -2.32. The maximum atomic E-state index is 12.4. The monoisotopic (exact) mass is 362 g/mol. The predicted octanol–water partition coefficient (Wildman–Crippen LogP) is 5.12. The average molecular weight is 362 g/mol. The van der Waals surface area contributed by atoms with E-state index in [9.17, 15) is 4.79 Å². The van der Waals surface area contributed by atoms with Gasteiger partial charge in [0, 0.05) is 35.3 Å². The molecule has 0 fully saturated rings. The summed E-state index contributed by atoms with van der Waals surface area (Å²) < 4.78 is 0. The fraction of sp³-hybridized carbons (Fsp3) is 0.227. The van der Waals surface area contributed by atoms with Crippen LogP contribution in [0.1, 0.15) is 39.3 Å². The maximum Gasteiger partial charge on any atom is 0.255 e. The summed E-state index contributed by atoms with van der Waals surface area (Å²) >= 11 is 1.87. The first kappa shape index (κ1) is 17.0. The molecule has 1 aliphatic heterocycles. The van der Waals surface area contributed by atoms with Crippen molar-refractivity contribution in [2.24, 2.45) is 0 Å². The minimum Gasteiger partial charge on any atom is -0.322 e. The number of carbonyl (C=O) groups is 1. The van der Waals surface area contributed by atoms with Crippen LogP contribution in [0.25, 0.3) is 0 Å². The summed E-state index contributed by atoms with van der Waals surface area (Å²) in [4.78, 5) is 16.4. The molecule has 2 aromatic carbocycles. The minimum absolute atomic E-state index is 0.0722. The van der Waals surface area contributed by atoms with E-state index in [0.29, 0.717) is 11.6 Å². The first-order valence-electron chi connectivity index (χ1n) is 8.96. The number of rotatable bonds is 4. The molecule has 4 rings (SSSR count). The first-order chi connectivity index (χ1) is 12.7. The molecular weight excluding hydrogens is 340 g/mol. The molecule has 3 nitrogen and oxygen atoms in total. The maximum absolute atomic E-state index is 12.4. The van der Waals surface area contributed by atoms with Gasteiger partial charge in [-0.05, 0) is 60.2 Å². The van der Waals surface area contributed by atoms with Crippen LogP contribution in [-0.4, -0.2) is 17.4 Å². The third-order valence-corrected chi connectivity index (χ3v) is 6.03. The van der Waals surface area contributed by atoms with Gasteiger partial charge in [-0.1, -0.05) is 30.3 Å². The number of hydrogen-bond acceptors (Lipinski definition) is 3. The molecule has 132 valence electrons. The highest BCUT2D eigenvalue weighted by molar-refractivity contribution is 7.10. The Balaban J connectivity index is 1.41. The van der Waals surface area contributed by atoms with Crippen LogP contribution in [0, 0.1) is 0 Å². The summed E-state index contributed by atoms with van der Waals surface area (Å²) in [6.45, 7) is 4.29. The zero-order valence-corrected chi connectivity index (χ0v) is 15.6. The molecule has 1 amide bonds. The molecule has 1 atom stereocenters. The highest BCUT2D eigenvalue weighted by Gasteiger charge is 2.24. The van der Waals surface area contributed by atoms with E-state index in [1.165, 1.54) is 16.0 Å². The van der Waals surface area contributed by atoms with Gasteiger partial charge in [0.2, 0.25) is 0 Å². The number of anilines is 1. The number of carbonyl (C=O) groups excluding carboxylic acids is 1. The van der Waals surface area contributed by atoms with Gasteiger partial charge in [0.15, 0.2) is 0 Å². The van der Waals surface area contributed by atoms with E-state index >= 15 is 0 Å². The van der Waals surface area contributed by atoms with Crippen LogP contribution >= 0.6 is 11.3 Å². The van der Waals surface area contributed by atoms with E-state index < -0.39 is 0 Å². The van der Waals surface area contributed by atoms with E-state index in [1.54, 1.807) is 0 Å². The van der Waals surface area contributed by atoms with Crippen molar-refractivity contribution in [3.8, 4) is 0 Å². The molecule has 0 bridgehead atoms. The number of benzene rings is 2. The van der Waals surface area contributed by atoms with Crippen LogP contribution in [0.2, 0.25) is 0 Å². The van der Waals surface area contributed by atoms with E-state index in [4.69, 9.17) is 0 Å². The van der Waals surface area contributed by atoms with Crippen LogP contribution in [0.4, 0.5) is 5.69 Å². The van der Waals surface area contributed by atoms with Crippen LogP contribution < -0.4 is 5.32 Å². The molecule has 2 heterocycles. The summed E-state index contributed by atoms with van der Waals surface area (Å²) in [5, 5.41) is 5.13. The second-order valence-corrected chi connectivity index (χ2v) is 7.71. The van der Waals surface area contributed by atoms with E-state index in [0.717, 1.165) is 25.2 Å². The predicted molar refractivity (Wildman–Crippen MR) is 108 cm³/mol. The zero-order valence-electron chi connectivity index (χ0n) is 14.8. The average Bonchev–Trinajstić information content (AvgIpc) is 3.15. The molecule has 4 heteroatoms. The van der Waals surface area contributed by atoms with Crippen LogP contribution in [-0.2, 0) is 13.0 Å². The van der Waals surface area contributed by atoms with Crippen molar-refractivity contribution in [3.05, 3.63) is 87.6 Å². The lowest BCUT2D eigenvalue weighted by atomic mass is 10.0. The Labute approximate surface area is 158 Å². The van der Waals surface area contributed by atoms with Gasteiger partial charge in [-0.15, -0.1) is 11.3 Å². The summed E-state index contributed by atoms with van der Waals surface area (Å²) in [6, 6.07) is 20.2. The molecule has 26 heavy (non-hydrogen) atoms. The lowest BCUT2D eigenvalue weighted by Gasteiger charge is -2.33. The molecule has 0 spiro atoms. The standard InChI is InChI=1S/C22H22N2OS/c1-16-20-12-14-26-21(20)11-13-24(16)15-17-7-9-18(10-8-17)22(25)23-19-5-3-2-4-6-19/h2-10,12,14,16H,11,13,15H2,1H3,(H,23,25)/t16-/m0/s1. The van der Waals surface area contributed by atoms with Gasteiger partial charge in [0.05, 0.1) is 0 Å². The highest BCUT2D eigenvalue weighted by atomic mass is 32.1. The smallest absolute Gasteiger partial charge is 0.255 e. The summed E-state index contributed by atoms with van der Waals surface area (Å²) in [7, 11) is 0. The Kier molecular flexibility index (Phi) is 4.87. The number of para-hydroxylation sites is 1. The summed E-state index contributed by atoms with van der Waals surface area (Å²) in [5.41, 5.74) is 4.21. The van der Waals surface area contributed by atoms with E-state index in [2.05, 4.69) is 40.7 Å². The van der Waals surface area contributed by atoms with E-state index in [1.807, 2.05) is 53.8 Å². The topological polar surface area (TPSA) is 32.3 Å². The Morgan fingerprint density at radius 2 is 1.88 bits per heavy atom. The quantitative estimate of drug-likeness (QED) is 0.699. The number of nitrogens with one attached hydrogen (secondary N) is 1. The number of thiophene rings is 1. The molecule has 3 aromatic rings. The number of amides is 1. The van der Waals surface area contributed by atoms with Crippen LogP contribution in [0.5, 0.6) is 0 Å².